The van der Waals surface area contributed by atoms with Crippen LogP contribution in [0.1, 0.15) is 101 Å². The van der Waals surface area contributed by atoms with Crippen molar-refractivity contribution in [2.75, 3.05) is 45.7 Å². The Morgan fingerprint density at radius 2 is 1.65 bits per heavy atom. The maximum Gasteiger partial charge on any atom is 0.414 e. The Morgan fingerprint density at radius 1 is 0.920 bits per heavy atom. The molecule has 5 N–H and O–H groups in total. The van der Waals surface area contributed by atoms with Gasteiger partial charge in [0.15, 0.2) is 12.6 Å². The Labute approximate surface area is 441 Å². The molecule has 1 aromatic carbocycles. The smallest absolute Gasteiger partial charge is 0.414 e. The number of aromatic nitrogens is 4. The van der Waals surface area contributed by atoms with Crippen molar-refractivity contribution < 1.29 is 68.3 Å². The van der Waals surface area contributed by atoms with E-state index in [1.165, 1.54) is 14.0 Å². The summed E-state index contributed by atoms with van der Waals surface area (Å²) in [6.45, 7) is 19.0. The second-order valence-corrected chi connectivity index (χ2v) is 22.8. The van der Waals surface area contributed by atoms with Gasteiger partial charge in [0.25, 0.3) is 0 Å². The minimum absolute atomic E-state index is 0.0907. The van der Waals surface area contributed by atoms with Gasteiger partial charge in [-0.3, -0.25) is 14.7 Å². The number of pyridine rings is 1. The highest BCUT2D eigenvalue weighted by Crippen LogP contribution is 2.41. The quantitative estimate of drug-likeness (QED) is 0.153. The first-order valence-corrected chi connectivity index (χ1v) is 26.8. The van der Waals surface area contributed by atoms with Crippen LogP contribution in [-0.4, -0.2) is 205 Å². The molecular weight excluding hydrogens is 971 g/mol. The van der Waals surface area contributed by atoms with Gasteiger partial charge < -0.3 is 68.5 Å². The third-order valence-electron chi connectivity index (χ3n) is 16.6. The summed E-state index contributed by atoms with van der Waals surface area (Å²) >= 11 is 0. The van der Waals surface area contributed by atoms with Gasteiger partial charge in [0, 0.05) is 68.8 Å². The molecule has 0 bridgehead atoms. The summed E-state index contributed by atoms with van der Waals surface area (Å²) in [5.74, 6) is -2.84. The van der Waals surface area contributed by atoms with E-state index in [0.717, 1.165) is 16.6 Å². The lowest BCUT2D eigenvalue weighted by Crippen LogP contribution is -2.61. The van der Waals surface area contributed by atoms with E-state index in [1.54, 1.807) is 57.3 Å². The van der Waals surface area contributed by atoms with Crippen LogP contribution < -0.4 is 4.90 Å². The van der Waals surface area contributed by atoms with E-state index in [9.17, 15) is 35.1 Å². The highest BCUT2D eigenvalue weighted by atomic mass is 16.7. The minimum atomic E-state index is -1.85. The number of esters is 1. The predicted molar refractivity (Wildman–Crippen MR) is 276 cm³/mol. The number of fused-ring (bicyclic) bond motifs is 1. The van der Waals surface area contributed by atoms with Crippen LogP contribution >= 0.6 is 0 Å². The summed E-state index contributed by atoms with van der Waals surface area (Å²) in [7, 11) is 5.25. The van der Waals surface area contributed by atoms with Crippen LogP contribution in [0.15, 0.2) is 42.7 Å². The monoisotopic (exact) mass is 1060 g/mol. The topological polar surface area (TPSA) is 253 Å². The number of cyclic esters (lactones) is 2. The minimum Gasteiger partial charge on any atom is -0.459 e. The zero-order chi connectivity index (χ0) is 54.9. The summed E-state index contributed by atoms with van der Waals surface area (Å²) in [6, 6.07) is 8.37. The first-order valence-electron chi connectivity index (χ1n) is 26.8. The number of hydrogen-bond donors (Lipinski definition) is 5. The third kappa shape index (κ3) is 13.0. The molecule has 75 heavy (non-hydrogen) atoms. The van der Waals surface area contributed by atoms with Crippen LogP contribution in [0, 0.1) is 17.8 Å². The van der Waals surface area contributed by atoms with Crippen LogP contribution in [0.2, 0.25) is 0 Å². The Bertz CT molecular complexity index is 2370. The molecule has 1 amide bonds. The van der Waals surface area contributed by atoms with Crippen molar-refractivity contribution in [2.45, 2.75) is 204 Å². The molecule has 0 saturated carbocycles. The molecule has 4 fully saturated rings. The SMILES string of the molecule is CC[C@H]1OC(=O)[C@H](C)[C@@H](O[C@H]2C[C@@](C)(OC)[C@@H](O)[C@H](C)O2)[C@H](C)[C@@H](O[C@@H]2O[C@H](C)C[C@H](N(C)CCc3cn(C[C@H]4CN(c5cccc6ncccc56)C(=O)O4)nn3)[C@H]2O)[C@](C)(O)C[C@@H](C)CN(C)[C@H](C)[C@@H](O)[C@]1(C)O. The molecule has 21 heteroatoms. The van der Waals surface area contributed by atoms with Gasteiger partial charge in [-0.2, -0.15) is 0 Å². The molecule has 6 heterocycles. The second-order valence-electron chi connectivity index (χ2n) is 22.8. The third-order valence-corrected chi connectivity index (χ3v) is 16.6. The molecule has 0 spiro atoms. The predicted octanol–water partition coefficient (Wildman–Crippen LogP) is 3.68. The first kappa shape index (κ1) is 58.7. The fourth-order valence-electron chi connectivity index (χ4n) is 12.0. The number of rotatable bonds is 13. The molecule has 0 radical (unpaired) electrons. The van der Waals surface area contributed by atoms with E-state index in [2.05, 4.69) is 15.3 Å². The standard InChI is InChI=1S/C54H85N7O14/c1-14-42-54(10,68)46(63)34(6)59(12)26-30(2)24-52(8,67)48(32(4)45(33(5)49(65)73-42)74-43-25-53(9,69-13)47(64)35(7)71-43)75-50-44(62)41(23-31(3)70-50)58(11)22-20-36-27-60(57-56-36)28-37-29-61(51(66)72-37)40-19-15-18-39-38(40)17-16-21-55-39/h15-19,21,27,30-35,37,41-48,50,62-64,67-68H,14,20,22-26,28-29H2,1-13H3/t30-,31-,32+,33-,34-,35+,37+,41+,42-,43+,44-,45+,46-,47+,48-,50+,52-,53-,54-/m1/s1. The van der Waals surface area contributed by atoms with E-state index >= 15 is 0 Å². The number of carbonyl (C=O) groups is 2. The Morgan fingerprint density at radius 3 is 2.36 bits per heavy atom. The van der Waals surface area contributed by atoms with E-state index in [-0.39, 0.29) is 31.3 Å². The average molecular weight is 1060 g/mol. The molecule has 0 aliphatic carbocycles. The van der Waals surface area contributed by atoms with Crippen molar-refractivity contribution in [3.63, 3.8) is 0 Å². The zero-order valence-corrected chi connectivity index (χ0v) is 46.2. The number of aliphatic hydroxyl groups is 5. The van der Waals surface area contributed by atoms with Gasteiger partial charge in [-0.15, -0.1) is 5.10 Å². The summed E-state index contributed by atoms with van der Waals surface area (Å²) in [5.41, 5.74) is -2.35. The summed E-state index contributed by atoms with van der Waals surface area (Å²) in [5, 5.41) is 69.5. The Balaban J connectivity index is 1.10. The highest BCUT2D eigenvalue weighted by molar-refractivity contribution is 6.01. The number of hydrogen-bond acceptors (Lipinski definition) is 19. The summed E-state index contributed by atoms with van der Waals surface area (Å²) in [4.78, 5) is 37.6. The number of carbonyl (C=O) groups excluding carboxylic acids is 2. The number of nitrogens with zero attached hydrogens (tertiary/aromatic N) is 7. The summed E-state index contributed by atoms with van der Waals surface area (Å²) in [6.07, 6.45) is -6.16. The number of amides is 1. The molecule has 4 aliphatic rings. The Kier molecular flexibility index (Phi) is 18.8. The van der Waals surface area contributed by atoms with Crippen LogP contribution in [0.25, 0.3) is 10.9 Å². The number of aliphatic hydroxyl groups excluding tert-OH is 3. The molecule has 2 aromatic heterocycles. The van der Waals surface area contributed by atoms with Gasteiger partial charge in [0.1, 0.15) is 36.1 Å². The number of likely N-dealkylation sites (N-methyl/N-ethyl adjacent to an activating group) is 2. The number of methoxy groups -OCH3 is 1. The number of ether oxygens (including phenoxy) is 7. The maximum atomic E-state index is 14.5. The van der Waals surface area contributed by atoms with Crippen LogP contribution in [0.4, 0.5) is 10.5 Å². The maximum absolute atomic E-state index is 14.5. The van der Waals surface area contributed by atoms with Crippen molar-refractivity contribution in [1.82, 2.24) is 29.8 Å². The molecule has 4 aliphatic heterocycles. The summed E-state index contributed by atoms with van der Waals surface area (Å²) < 4.78 is 45.8. The average Bonchev–Trinajstić information content (AvgIpc) is 3.98. The molecule has 0 unspecified atom stereocenters. The Hall–Kier alpha value is -3.97. The lowest BCUT2D eigenvalue weighted by Gasteiger charge is -2.49. The van der Waals surface area contributed by atoms with Crippen LogP contribution in [0.3, 0.4) is 0 Å². The fraction of sp³-hybridized carbons (Fsp3) is 0.759. The zero-order valence-electron chi connectivity index (χ0n) is 46.2. The molecule has 3 aromatic rings. The van der Waals surface area contributed by atoms with Gasteiger partial charge in [-0.1, -0.05) is 32.1 Å². The second kappa shape index (κ2) is 24.0. The molecule has 420 valence electrons. The lowest BCUT2D eigenvalue weighted by molar-refractivity contribution is -0.318. The van der Waals surface area contributed by atoms with Gasteiger partial charge in [0.2, 0.25) is 0 Å². The first-order chi connectivity index (χ1) is 35.3. The van der Waals surface area contributed by atoms with E-state index in [0.29, 0.717) is 44.7 Å². The highest BCUT2D eigenvalue weighted by Gasteiger charge is 2.53. The van der Waals surface area contributed by atoms with Crippen molar-refractivity contribution in [3.8, 4) is 0 Å². The van der Waals surface area contributed by atoms with Crippen LogP contribution in [-0.2, 0) is 50.9 Å². The van der Waals surface area contributed by atoms with Crippen molar-refractivity contribution in [2.24, 2.45) is 17.8 Å². The lowest BCUT2D eigenvalue weighted by atomic mass is 9.77. The van der Waals surface area contributed by atoms with E-state index in [4.69, 9.17) is 33.2 Å². The molecule has 7 rings (SSSR count). The largest absolute Gasteiger partial charge is 0.459 e. The van der Waals surface area contributed by atoms with Crippen LogP contribution in [0.5, 0.6) is 0 Å². The number of anilines is 1. The van der Waals surface area contributed by atoms with Gasteiger partial charge in [0.05, 0.1) is 71.5 Å². The fourth-order valence-corrected chi connectivity index (χ4v) is 12.0. The molecule has 19 atom stereocenters. The molecule has 21 nitrogen and oxygen atoms in total. The van der Waals surface area contributed by atoms with Gasteiger partial charge in [-0.05, 0) is 112 Å². The van der Waals surface area contributed by atoms with E-state index in [1.807, 2.05) is 81.2 Å². The van der Waals surface area contributed by atoms with Crippen molar-refractivity contribution >= 4 is 28.7 Å². The number of benzene rings is 1. The van der Waals surface area contributed by atoms with Crippen molar-refractivity contribution in [1.29, 1.82) is 0 Å². The molecular formula is C54H85N7O14. The van der Waals surface area contributed by atoms with E-state index < -0.39 is 114 Å². The van der Waals surface area contributed by atoms with Gasteiger partial charge >= 0.3 is 12.1 Å². The molecule has 4 saturated heterocycles. The van der Waals surface area contributed by atoms with Crippen molar-refractivity contribution in [3.05, 3.63) is 48.4 Å². The van der Waals surface area contributed by atoms with Gasteiger partial charge in [-0.25, -0.2) is 9.48 Å². The normalized spacial score (nSPS) is 40.1.